The molecule has 3 rings (SSSR count). The van der Waals surface area contributed by atoms with E-state index in [9.17, 15) is 4.39 Å². The van der Waals surface area contributed by atoms with Crippen molar-refractivity contribution in [3.63, 3.8) is 0 Å². The van der Waals surface area contributed by atoms with E-state index in [1.165, 1.54) is 10.7 Å². The summed E-state index contributed by atoms with van der Waals surface area (Å²) in [5.74, 6) is 0.179. The minimum absolute atomic E-state index is 0.140. The topological polar surface area (TPSA) is 91.2 Å². The Hall–Kier alpha value is -2.61. The van der Waals surface area contributed by atoms with Crippen molar-refractivity contribution in [1.29, 1.82) is 0 Å². The highest BCUT2D eigenvalue weighted by molar-refractivity contribution is 5.36. The highest BCUT2D eigenvalue weighted by Crippen LogP contribution is 2.21. The zero-order chi connectivity index (χ0) is 13.2. The first kappa shape index (κ1) is 11.5. The molecular weight excluding hydrogens is 251 g/mol. The fourth-order valence-corrected chi connectivity index (χ4v) is 1.57. The molecule has 0 amide bonds. The van der Waals surface area contributed by atoms with Crippen LogP contribution in [-0.2, 0) is 6.54 Å². The number of fused-ring (bicyclic) bond motifs is 1. The summed E-state index contributed by atoms with van der Waals surface area (Å²) in [5.41, 5.74) is 6.31. The molecule has 2 N–H and O–H groups in total. The Morgan fingerprint density at radius 1 is 1.26 bits per heavy atom. The molecule has 3 aromatic rings. The molecule has 1 aromatic carbocycles. The highest BCUT2D eigenvalue weighted by atomic mass is 19.1. The van der Waals surface area contributed by atoms with Gasteiger partial charge in [-0.2, -0.15) is 0 Å². The first-order chi connectivity index (χ1) is 9.26. The maximum atomic E-state index is 13.5. The van der Waals surface area contributed by atoms with Crippen LogP contribution in [0.1, 0.15) is 5.56 Å². The molecule has 2 heterocycles. The molecule has 0 aliphatic rings. The van der Waals surface area contributed by atoms with E-state index in [2.05, 4.69) is 20.6 Å². The van der Waals surface area contributed by atoms with E-state index in [1.54, 1.807) is 24.3 Å². The third kappa shape index (κ3) is 2.20. The van der Waals surface area contributed by atoms with E-state index < -0.39 is 5.82 Å². The number of aromatic nitrogens is 5. The third-order valence-electron chi connectivity index (χ3n) is 2.51. The molecule has 8 heteroatoms. The zero-order valence-corrected chi connectivity index (χ0v) is 9.69. The van der Waals surface area contributed by atoms with E-state index in [4.69, 9.17) is 10.5 Å². The van der Waals surface area contributed by atoms with Crippen LogP contribution in [0.25, 0.3) is 5.65 Å². The highest BCUT2D eigenvalue weighted by Gasteiger charge is 2.06. The van der Waals surface area contributed by atoms with Gasteiger partial charge >= 0.3 is 0 Å². The maximum absolute atomic E-state index is 13.5. The quantitative estimate of drug-likeness (QED) is 0.752. The maximum Gasteiger partial charge on any atom is 0.239 e. The fraction of sp³-hybridized carbons (Fsp3) is 0.0909. The lowest BCUT2D eigenvalue weighted by Gasteiger charge is -2.06. The van der Waals surface area contributed by atoms with Gasteiger partial charge in [-0.05, 0) is 22.6 Å². The summed E-state index contributed by atoms with van der Waals surface area (Å²) in [6.45, 7) is 0.140. The van der Waals surface area contributed by atoms with Crippen molar-refractivity contribution in [2.45, 2.75) is 6.54 Å². The van der Waals surface area contributed by atoms with Crippen LogP contribution in [0, 0.1) is 5.82 Å². The standard InChI is InChI=1S/C11H9FN6O/c12-9-5-8(2-1-7(9)6-13)19-11-4-3-10-14-16-17-18(10)15-11/h1-5H,6,13H2. The lowest BCUT2D eigenvalue weighted by molar-refractivity contribution is 0.442. The lowest BCUT2D eigenvalue weighted by Crippen LogP contribution is -2.00. The van der Waals surface area contributed by atoms with Crippen LogP contribution < -0.4 is 10.5 Å². The van der Waals surface area contributed by atoms with Gasteiger partial charge in [0.2, 0.25) is 5.88 Å². The van der Waals surface area contributed by atoms with Crippen molar-refractivity contribution < 1.29 is 9.13 Å². The third-order valence-corrected chi connectivity index (χ3v) is 2.51. The molecule has 7 nitrogen and oxygen atoms in total. The molecule has 0 aliphatic carbocycles. The minimum atomic E-state index is -0.413. The molecule has 0 aliphatic heterocycles. The molecule has 0 saturated carbocycles. The average Bonchev–Trinajstić information content (AvgIpc) is 2.86. The molecule has 0 saturated heterocycles. The Balaban J connectivity index is 1.89. The van der Waals surface area contributed by atoms with Gasteiger partial charge in [0.15, 0.2) is 5.65 Å². The van der Waals surface area contributed by atoms with Gasteiger partial charge in [0.1, 0.15) is 11.6 Å². The number of hydrogen-bond acceptors (Lipinski definition) is 6. The number of halogens is 1. The van der Waals surface area contributed by atoms with Gasteiger partial charge < -0.3 is 10.5 Å². The number of hydrogen-bond donors (Lipinski definition) is 1. The van der Waals surface area contributed by atoms with Crippen LogP contribution in [0.2, 0.25) is 0 Å². The Kier molecular flexibility index (Phi) is 2.76. The van der Waals surface area contributed by atoms with E-state index in [0.717, 1.165) is 0 Å². The van der Waals surface area contributed by atoms with Crippen LogP contribution in [-0.4, -0.2) is 25.3 Å². The van der Waals surface area contributed by atoms with Gasteiger partial charge in [0, 0.05) is 24.2 Å². The largest absolute Gasteiger partial charge is 0.437 e. The van der Waals surface area contributed by atoms with Crippen molar-refractivity contribution >= 4 is 5.65 Å². The van der Waals surface area contributed by atoms with E-state index in [-0.39, 0.29) is 12.4 Å². The van der Waals surface area contributed by atoms with Crippen molar-refractivity contribution in [2.24, 2.45) is 5.73 Å². The van der Waals surface area contributed by atoms with E-state index >= 15 is 0 Å². The Labute approximate surface area is 106 Å². The molecule has 19 heavy (non-hydrogen) atoms. The monoisotopic (exact) mass is 260 g/mol. The fourth-order valence-electron chi connectivity index (χ4n) is 1.57. The predicted octanol–water partition coefficient (Wildman–Crippen LogP) is 0.909. The number of ether oxygens (including phenoxy) is 1. The first-order valence-electron chi connectivity index (χ1n) is 5.48. The lowest BCUT2D eigenvalue weighted by atomic mass is 10.2. The summed E-state index contributed by atoms with van der Waals surface area (Å²) in [7, 11) is 0. The summed E-state index contributed by atoms with van der Waals surface area (Å²) < 4.78 is 20.2. The molecule has 0 atom stereocenters. The molecule has 96 valence electrons. The zero-order valence-electron chi connectivity index (χ0n) is 9.69. The van der Waals surface area contributed by atoms with Gasteiger partial charge in [-0.3, -0.25) is 0 Å². The first-order valence-corrected chi connectivity index (χ1v) is 5.48. The van der Waals surface area contributed by atoms with Crippen LogP contribution in [0.5, 0.6) is 11.6 Å². The van der Waals surface area contributed by atoms with Gasteiger partial charge in [-0.15, -0.1) is 14.8 Å². The second kappa shape index (κ2) is 4.58. The Bertz CT molecular complexity index is 728. The number of nitrogens with two attached hydrogens (primary N) is 1. The van der Waals surface area contributed by atoms with Crippen molar-refractivity contribution in [2.75, 3.05) is 0 Å². The molecule has 0 radical (unpaired) electrons. The molecule has 2 aromatic heterocycles. The Morgan fingerprint density at radius 3 is 2.95 bits per heavy atom. The molecule has 0 spiro atoms. The van der Waals surface area contributed by atoms with Crippen LogP contribution >= 0.6 is 0 Å². The number of nitrogens with zero attached hydrogens (tertiary/aromatic N) is 5. The van der Waals surface area contributed by atoms with E-state index in [0.29, 0.717) is 17.0 Å². The molecular formula is C11H9FN6O. The Morgan fingerprint density at radius 2 is 2.16 bits per heavy atom. The predicted molar refractivity (Wildman–Crippen MR) is 62.9 cm³/mol. The summed E-state index contributed by atoms with van der Waals surface area (Å²) in [6, 6.07) is 7.69. The normalized spacial score (nSPS) is 10.8. The van der Waals surface area contributed by atoms with Crippen LogP contribution in [0.15, 0.2) is 30.3 Å². The average molecular weight is 260 g/mol. The van der Waals surface area contributed by atoms with Gasteiger partial charge in [-0.1, -0.05) is 6.07 Å². The summed E-state index contributed by atoms with van der Waals surface area (Å²) in [6.07, 6.45) is 0. The van der Waals surface area contributed by atoms with Crippen molar-refractivity contribution in [1.82, 2.24) is 25.3 Å². The number of rotatable bonds is 3. The number of benzene rings is 1. The van der Waals surface area contributed by atoms with Crippen molar-refractivity contribution in [3.8, 4) is 11.6 Å². The summed E-state index contributed by atoms with van der Waals surface area (Å²) in [4.78, 5) is 0. The van der Waals surface area contributed by atoms with Gasteiger partial charge in [-0.25, -0.2) is 4.39 Å². The smallest absolute Gasteiger partial charge is 0.239 e. The summed E-state index contributed by atoms with van der Waals surface area (Å²) >= 11 is 0. The second-order valence-corrected chi connectivity index (χ2v) is 3.76. The minimum Gasteiger partial charge on any atom is -0.437 e. The number of tetrazole rings is 1. The summed E-state index contributed by atoms with van der Waals surface area (Å²) in [5, 5.41) is 14.8. The second-order valence-electron chi connectivity index (χ2n) is 3.76. The van der Waals surface area contributed by atoms with Gasteiger partial charge in [0.25, 0.3) is 0 Å². The van der Waals surface area contributed by atoms with Gasteiger partial charge in [0.05, 0.1) is 0 Å². The van der Waals surface area contributed by atoms with E-state index in [1.807, 2.05) is 0 Å². The molecule has 0 fully saturated rings. The van der Waals surface area contributed by atoms with Crippen LogP contribution in [0.3, 0.4) is 0 Å². The molecule has 0 bridgehead atoms. The van der Waals surface area contributed by atoms with Crippen LogP contribution in [0.4, 0.5) is 4.39 Å². The van der Waals surface area contributed by atoms with Crippen molar-refractivity contribution in [3.05, 3.63) is 41.7 Å². The molecule has 0 unspecified atom stereocenters. The SMILES string of the molecule is NCc1ccc(Oc2ccc3nnnn3n2)cc1F.